The first-order valence-electron chi connectivity index (χ1n) is 9.44. The Morgan fingerprint density at radius 1 is 1.13 bits per heavy atom. The van der Waals surface area contributed by atoms with Gasteiger partial charge in [0.2, 0.25) is 15.9 Å². The lowest BCUT2D eigenvalue weighted by Gasteiger charge is -2.21. The van der Waals surface area contributed by atoms with Crippen LogP contribution in [0.5, 0.6) is 0 Å². The first kappa shape index (κ1) is 22.4. The van der Waals surface area contributed by atoms with Gasteiger partial charge in [-0.05, 0) is 38.1 Å². The van der Waals surface area contributed by atoms with E-state index in [4.69, 9.17) is 0 Å². The smallest absolute Gasteiger partial charge is 0.325 e. The summed E-state index contributed by atoms with van der Waals surface area (Å²) in [5.74, 6) is -0.440. The number of nitrogens with zero attached hydrogens (tertiary/aromatic N) is 5. The fourth-order valence-corrected chi connectivity index (χ4v) is 4.39. The van der Waals surface area contributed by atoms with E-state index in [1.165, 1.54) is 65.2 Å². The molecule has 1 N–H and O–H groups in total. The number of nitrogens with one attached hydrogen (secondary N) is 1. The number of benzene rings is 1. The molecule has 2 aromatic heterocycles. The van der Waals surface area contributed by atoms with Crippen LogP contribution >= 0.6 is 0 Å². The van der Waals surface area contributed by atoms with Crippen LogP contribution in [-0.4, -0.2) is 50.4 Å². The fraction of sp³-hybridized carbons (Fsp3) is 0.368. The van der Waals surface area contributed by atoms with Crippen molar-refractivity contribution in [2.24, 2.45) is 14.1 Å². The molecular weight excluding hydrogens is 424 g/mol. The van der Waals surface area contributed by atoms with E-state index in [1.807, 2.05) is 0 Å². The average molecular weight is 449 g/mol. The lowest BCUT2D eigenvalue weighted by molar-refractivity contribution is -0.116. The van der Waals surface area contributed by atoms with Crippen molar-refractivity contribution >= 4 is 32.8 Å². The number of hydrogen-bond donors (Lipinski definition) is 1. The molecule has 0 aliphatic rings. The van der Waals surface area contributed by atoms with Crippen molar-refractivity contribution in [3.05, 3.63) is 51.4 Å². The number of imidazole rings is 1. The third kappa shape index (κ3) is 4.03. The summed E-state index contributed by atoms with van der Waals surface area (Å²) in [6, 6.07) is 5.63. The minimum absolute atomic E-state index is 0.117. The molecule has 3 rings (SSSR count). The van der Waals surface area contributed by atoms with Crippen LogP contribution in [-0.2, 0) is 35.5 Å². The molecule has 0 bridgehead atoms. The van der Waals surface area contributed by atoms with E-state index in [-0.39, 0.29) is 28.6 Å². The molecular formula is C19H24N6O5S. The predicted molar refractivity (Wildman–Crippen MR) is 115 cm³/mol. The minimum atomic E-state index is -3.62. The van der Waals surface area contributed by atoms with Crippen LogP contribution in [0.4, 0.5) is 5.69 Å². The van der Waals surface area contributed by atoms with Gasteiger partial charge in [0.05, 0.1) is 11.2 Å². The highest BCUT2D eigenvalue weighted by Crippen LogP contribution is 2.19. The largest absolute Gasteiger partial charge is 0.332 e. The molecule has 0 spiro atoms. The van der Waals surface area contributed by atoms with Crippen LogP contribution in [0.3, 0.4) is 0 Å². The molecule has 3 aromatic rings. The van der Waals surface area contributed by atoms with Crippen LogP contribution in [0.1, 0.15) is 13.8 Å². The van der Waals surface area contributed by atoms with E-state index >= 15 is 0 Å². The summed E-state index contributed by atoms with van der Waals surface area (Å²) in [5, 5.41) is 2.66. The highest BCUT2D eigenvalue weighted by atomic mass is 32.2. The molecule has 0 radical (unpaired) electrons. The van der Waals surface area contributed by atoms with Gasteiger partial charge in [0.1, 0.15) is 6.54 Å². The average Bonchev–Trinajstić information content (AvgIpc) is 3.13. The van der Waals surface area contributed by atoms with Crippen LogP contribution in [0.25, 0.3) is 11.2 Å². The molecule has 12 heteroatoms. The third-order valence-corrected chi connectivity index (χ3v) is 7.12. The van der Waals surface area contributed by atoms with E-state index in [0.29, 0.717) is 5.69 Å². The zero-order valence-corrected chi connectivity index (χ0v) is 18.7. The highest BCUT2D eigenvalue weighted by molar-refractivity contribution is 7.89. The molecule has 0 unspecified atom stereocenters. The van der Waals surface area contributed by atoms with Crippen molar-refractivity contribution in [3.63, 3.8) is 0 Å². The Morgan fingerprint density at radius 3 is 2.32 bits per heavy atom. The normalized spacial score (nSPS) is 12.1. The summed E-state index contributed by atoms with van der Waals surface area (Å²) >= 11 is 0. The summed E-state index contributed by atoms with van der Waals surface area (Å²) in [6.07, 6.45) is 1.32. The minimum Gasteiger partial charge on any atom is -0.325 e. The van der Waals surface area contributed by atoms with Gasteiger partial charge in [-0.25, -0.2) is 18.2 Å². The summed E-state index contributed by atoms with van der Waals surface area (Å²) in [7, 11) is 0.732. The Kier molecular flexibility index (Phi) is 5.87. The Bertz CT molecular complexity index is 1370. The predicted octanol–water partition coefficient (Wildman–Crippen LogP) is 0.101. The quantitative estimate of drug-likeness (QED) is 0.570. The summed E-state index contributed by atoms with van der Waals surface area (Å²) in [4.78, 5) is 41.1. The van der Waals surface area contributed by atoms with Gasteiger partial charge in [-0.2, -0.15) is 4.31 Å². The standard InChI is InChI=1S/C19H24N6O5S/c1-12(2)24(5)31(29,30)14-8-6-13(7-9-14)21-15(26)10-25-11-20-17-16(25)18(27)23(4)19(28)22(17)3/h6-9,11-12H,10H2,1-5H3,(H,21,26). The van der Waals surface area contributed by atoms with E-state index in [2.05, 4.69) is 10.3 Å². The number of aryl methyl sites for hydroxylation is 1. The van der Waals surface area contributed by atoms with Crippen molar-refractivity contribution < 1.29 is 13.2 Å². The number of fused-ring (bicyclic) bond motifs is 1. The molecule has 0 fully saturated rings. The summed E-state index contributed by atoms with van der Waals surface area (Å²) < 4.78 is 29.9. The molecule has 0 atom stereocenters. The lowest BCUT2D eigenvalue weighted by Crippen LogP contribution is -2.37. The molecule has 0 aliphatic heterocycles. The van der Waals surface area contributed by atoms with Crippen LogP contribution in [0.15, 0.2) is 45.1 Å². The molecule has 0 aliphatic carbocycles. The zero-order chi connectivity index (χ0) is 23.1. The van der Waals surface area contributed by atoms with Gasteiger partial charge in [0.15, 0.2) is 11.2 Å². The van der Waals surface area contributed by atoms with E-state index in [1.54, 1.807) is 13.8 Å². The molecule has 1 amide bonds. The third-order valence-electron chi connectivity index (χ3n) is 5.07. The number of sulfonamides is 1. The maximum absolute atomic E-state index is 12.5. The summed E-state index contributed by atoms with van der Waals surface area (Å²) in [6.45, 7) is 3.34. The van der Waals surface area contributed by atoms with Gasteiger partial charge in [-0.15, -0.1) is 0 Å². The van der Waals surface area contributed by atoms with Gasteiger partial charge < -0.3 is 9.88 Å². The Hall–Kier alpha value is -3.25. The molecule has 2 heterocycles. The van der Waals surface area contributed by atoms with Gasteiger partial charge in [0, 0.05) is 32.9 Å². The molecule has 1 aromatic carbocycles. The number of carbonyl (C=O) groups is 1. The molecule has 11 nitrogen and oxygen atoms in total. The topological polar surface area (TPSA) is 128 Å². The second-order valence-electron chi connectivity index (χ2n) is 7.44. The van der Waals surface area contributed by atoms with E-state index in [9.17, 15) is 22.8 Å². The van der Waals surface area contributed by atoms with Crippen LogP contribution in [0, 0.1) is 0 Å². The van der Waals surface area contributed by atoms with Crippen molar-refractivity contribution in [1.82, 2.24) is 23.0 Å². The Morgan fingerprint density at radius 2 is 1.74 bits per heavy atom. The Labute approximate surface area is 178 Å². The van der Waals surface area contributed by atoms with Crippen molar-refractivity contribution in [2.45, 2.75) is 31.3 Å². The second kappa shape index (κ2) is 8.12. The second-order valence-corrected chi connectivity index (χ2v) is 9.44. The van der Waals surface area contributed by atoms with Gasteiger partial charge in [-0.3, -0.25) is 18.7 Å². The molecule has 31 heavy (non-hydrogen) atoms. The van der Waals surface area contributed by atoms with Crippen molar-refractivity contribution in [1.29, 1.82) is 0 Å². The Balaban J connectivity index is 1.81. The van der Waals surface area contributed by atoms with E-state index in [0.717, 1.165) is 4.57 Å². The molecule has 0 saturated carbocycles. The highest BCUT2D eigenvalue weighted by Gasteiger charge is 2.23. The maximum Gasteiger partial charge on any atom is 0.332 e. The molecule has 166 valence electrons. The number of anilines is 1. The van der Waals surface area contributed by atoms with Gasteiger partial charge in [-0.1, -0.05) is 0 Å². The number of rotatable bonds is 6. The van der Waals surface area contributed by atoms with Crippen molar-refractivity contribution in [3.8, 4) is 0 Å². The number of carbonyl (C=O) groups excluding carboxylic acids is 1. The van der Waals surface area contributed by atoms with Crippen LogP contribution in [0.2, 0.25) is 0 Å². The van der Waals surface area contributed by atoms with Gasteiger partial charge >= 0.3 is 5.69 Å². The summed E-state index contributed by atoms with van der Waals surface area (Å²) in [5.41, 5.74) is -0.332. The van der Waals surface area contributed by atoms with Crippen molar-refractivity contribution in [2.75, 3.05) is 12.4 Å². The zero-order valence-electron chi connectivity index (χ0n) is 17.9. The first-order valence-corrected chi connectivity index (χ1v) is 10.9. The lowest BCUT2D eigenvalue weighted by atomic mass is 10.3. The number of aromatic nitrogens is 4. The van der Waals surface area contributed by atoms with Crippen LogP contribution < -0.4 is 16.6 Å². The fourth-order valence-electron chi connectivity index (χ4n) is 3.03. The van der Waals surface area contributed by atoms with Gasteiger partial charge in [0.25, 0.3) is 5.56 Å². The number of hydrogen-bond acceptors (Lipinski definition) is 6. The molecule has 0 saturated heterocycles. The number of amides is 1. The monoisotopic (exact) mass is 448 g/mol. The SMILES string of the molecule is CC(C)N(C)S(=O)(=O)c1ccc(NC(=O)Cn2cnc3c2c(=O)n(C)c(=O)n3C)cc1. The first-order chi connectivity index (χ1) is 14.4. The van der Waals surface area contributed by atoms with E-state index < -0.39 is 27.2 Å². The maximum atomic E-state index is 12.5.